The van der Waals surface area contributed by atoms with Gasteiger partial charge in [0.2, 0.25) is 0 Å². The van der Waals surface area contributed by atoms with E-state index < -0.39 is 22.8 Å². The van der Waals surface area contributed by atoms with Gasteiger partial charge in [-0.05, 0) is 38.1 Å². The lowest BCUT2D eigenvalue weighted by atomic mass is 10.2. The van der Waals surface area contributed by atoms with Crippen LogP contribution in [-0.2, 0) is 20.8 Å². The maximum Gasteiger partial charge on any atom is 0.338 e. The van der Waals surface area contributed by atoms with Crippen molar-refractivity contribution >= 4 is 45.1 Å². The molecule has 0 saturated carbocycles. The number of rotatable bonds is 7. The Morgan fingerprint density at radius 1 is 1.06 bits per heavy atom. The van der Waals surface area contributed by atoms with Gasteiger partial charge in [0.15, 0.2) is 4.80 Å². The average Bonchev–Trinajstić information content (AvgIpc) is 3.10. The van der Waals surface area contributed by atoms with Crippen LogP contribution in [0.3, 0.4) is 0 Å². The largest absolute Gasteiger partial charge is 0.465 e. The minimum atomic E-state index is -0.705. The molecule has 3 aromatic rings. The predicted octanol–water partition coefficient (Wildman–Crippen LogP) is 3.09. The van der Waals surface area contributed by atoms with Crippen molar-refractivity contribution in [2.24, 2.45) is 4.99 Å². The molecule has 0 spiro atoms. The maximum atomic E-state index is 12.7. The molecule has 0 aliphatic rings. The Labute approximate surface area is 185 Å². The van der Waals surface area contributed by atoms with Crippen LogP contribution in [0.5, 0.6) is 0 Å². The van der Waals surface area contributed by atoms with Crippen LogP contribution in [0.15, 0.2) is 47.5 Å². The van der Waals surface area contributed by atoms with Gasteiger partial charge >= 0.3 is 11.9 Å². The van der Waals surface area contributed by atoms with E-state index in [1.807, 2.05) is 0 Å². The molecule has 0 fully saturated rings. The van der Waals surface area contributed by atoms with E-state index in [9.17, 15) is 24.5 Å². The molecule has 0 N–H and O–H groups in total. The van der Waals surface area contributed by atoms with Gasteiger partial charge in [0, 0.05) is 17.7 Å². The zero-order valence-electron chi connectivity index (χ0n) is 17.3. The molecule has 166 valence electrons. The van der Waals surface area contributed by atoms with Crippen LogP contribution in [0.25, 0.3) is 10.2 Å². The summed E-state index contributed by atoms with van der Waals surface area (Å²) in [6.45, 7) is 3.59. The van der Waals surface area contributed by atoms with Gasteiger partial charge in [0.1, 0.15) is 6.54 Å². The molecule has 0 aliphatic carbocycles. The molecular formula is C21H19N3O7S. The Kier molecular flexibility index (Phi) is 7.11. The molecule has 2 aromatic carbocycles. The van der Waals surface area contributed by atoms with Crippen LogP contribution in [0.4, 0.5) is 5.69 Å². The highest BCUT2D eigenvalue weighted by Crippen LogP contribution is 2.21. The van der Waals surface area contributed by atoms with Gasteiger partial charge in [-0.1, -0.05) is 17.4 Å². The van der Waals surface area contributed by atoms with Crippen molar-refractivity contribution < 1.29 is 28.8 Å². The fourth-order valence-electron chi connectivity index (χ4n) is 2.89. The van der Waals surface area contributed by atoms with Crippen molar-refractivity contribution in [1.82, 2.24) is 4.57 Å². The smallest absolute Gasteiger partial charge is 0.338 e. The number of hydrogen-bond donors (Lipinski definition) is 0. The Morgan fingerprint density at radius 3 is 2.50 bits per heavy atom. The Bertz CT molecular complexity index is 1280. The van der Waals surface area contributed by atoms with Gasteiger partial charge in [0.25, 0.3) is 11.6 Å². The Hall–Kier alpha value is -3.86. The molecule has 11 heteroatoms. The lowest BCUT2D eigenvalue weighted by molar-refractivity contribution is -0.384. The number of non-ortho nitro benzene ring substituents is 1. The summed E-state index contributed by atoms with van der Waals surface area (Å²) < 4.78 is 12.1. The van der Waals surface area contributed by atoms with E-state index in [1.54, 1.807) is 32.0 Å². The minimum Gasteiger partial charge on any atom is -0.465 e. The number of nitro groups is 1. The molecule has 1 aromatic heterocycles. The van der Waals surface area contributed by atoms with E-state index >= 15 is 0 Å². The van der Waals surface area contributed by atoms with Crippen molar-refractivity contribution in [3.05, 3.63) is 68.5 Å². The maximum absolute atomic E-state index is 12.7. The number of nitro benzene ring substituents is 1. The number of aromatic nitrogens is 1. The molecule has 32 heavy (non-hydrogen) atoms. The third-order valence-corrected chi connectivity index (χ3v) is 5.33. The van der Waals surface area contributed by atoms with Crippen LogP contribution >= 0.6 is 11.3 Å². The fourth-order valence-corrected chi connectivity index (χ4v) is 3.96. The van der Waals surface area contributed by atoms with E-state index in [-0.39, 0.29) is 35.8 Å². The van der Waals surface area contributed by atoms with E-state index in [0.717, 1.165) is 17.4 Å². The highest BCUT2D eigenvalue weighted by Gasteiger charge is 2.16. The number of hydrogen-bond acceptors (Lipinski definition) is 8. The summed E-state index contributed by atoms with van der Waals surface area (Å²) >= 11 is 1.09. The molecule has 3 rings (SSSR count). The lowest BCUT2D eigenvalue weighted by Crippen LogP contribution is -2.23. The standard InChI is InChI=1S/C21H19N3O7S/c1-3-30-18(25)12-23-16-9-8-14(20(27)31-4-2)11-17(16)32-21(23)22-19(26)13-6-5-7-15(10-13)24(28)29/h5-11H,3-4,12H2,1-2H3. The number of carbonyl (C=O) groups excluding carboxylic acids is 3. The van der Waals surface area contributed by atoms with Gasteiger partial charge in [-0.15, -0.1) is 0 Å². The van der Waals surface area contributed by atoms with E-state index in [1.165, 1.54) is 22.8 Å². The highest BCUT2D eigenvalue weighted by molar-refractivity contribution is 7.16. The molecule has 0 saturated heterocycles. The summed E-state index contributed by atoms with van der Waals surface area (Å²) in [7, 11) is 0. The fraction of sp³-hybridized carbons (Fsp3) is 0.238. The molecular weight excluding hydrogens is 438 g/mol. The second-order valence-corrected chi connectivity index (χ2v) is 7.41. The van der Waals surface area contributed by atoms with E-state index in [4.69, 9.17) is 9.47 Å². The van der Waals surface area contributed by atoms with Crippen LogP contribution < -0.4 is 4.80 Å². The van der Waals surface area contributed by atoms with Crippen molar-refractivity contribution in [3.63, 3.8) is 0 Å². The molecule has 10 nitrogen and oxygen atoms in total. The minimum absolute atomic E-state index is 0.0338. The van der Waals surface area contributed by atoms with Gasteiger partial charge in [-0.2, -0.15) is 4.99 Å². The molecule has 0 unspecified atom stereocenters. The molecule has 1 amide bonds. The molecule has 0 bridgehead atoms. The number of fused-ring (bicyclic) bond motifs is 1. The summed E-state index contributed by atoms with van der Waals surface area (Å²) in [6, 6.07) is 10.00. The van der Waals surface area contributed by atoms with Crippen molar-refractivity contribution in [2.75, 3.05) is 13.2 Å². The summed E-state index contributed by atoms with van der Waals surface area (Å²) in [4.78, 5) is 51.6. The third-order valence-electron chi connectivity index (χ3n) is 4.29. The number of nitrogens with zero attached hydrogens (tertiary/aromatic N) is 3. The topological polar surface area (TPSA) is 130 Å². The first-order valence-corrected chi connectivity index (χ1v) is 10.4. The van der Waals surface area contributed by atoms with Crippen LogP contribution in [0.1, 0.15) is 34.6 Å². The zero-order chi connectivity index (χ0) is 23.3. The summed E-state index contributed by atoms with van der Waals surface area (Å²) in [5.74, 6) is -1.72. The Balaban J connectivity index is 2.11. The van der Waals surface area contributed by atoms with Crippen molar-refractivity contribution in [2.45, 2.75) is 20.4 Å². The van der Waals surface area contributed by atoms with Crippen LogP contribution in [-0.4, -0.2) is 40.5 Å². The number of benzene rings is 2. The molecule has 0 aliphatic heterocycles. The van der Waals surface area contributed by atoms with E-state index in [2.05, 4.69) is 4.99 Å². The van der Waals surface area contributed by atoms with Crippen LogP contribution in [0.2, 0.25) is 0 Å². The highest BCUT2D eigenvalue weighted by atomic mass is 32.1. The first-order chi connectivity index (χ1) is 15.3. The average molecular weight is 457 g/mol. The first kappa shape index (κ1) is 22.8. The predicted molar refractivity (Wildman–Crippen MR) is 115 cm³/mol. The number of amides is 1. The number of esters is 2. The zero-order valence-corrected chi connectivity index (χ0v) is 18.1. The lowest BCUT2D eigenvalue weighted by Gasteiger charge is -2.06. The summed E-state index contributed by atoms with van der Waals surface area (Å²) in [5.41, 5.74) is 0.689. The normalized spacial score (nSPS) is 11.4. The SMILES string of the molecule is CCOC(=O)Cn1c(=NC(=O)c2cccc([N+](=O)[O-])c2)sc2cc(C(=O)OCC)ccc21. The molecule has 1 heterocycles. The summed E-state index contributed by atoms with van der Waals surface area (Å²) in [5, 5.41) is 11.0. The number of thiazole rings is 1. The monoisotopic (exact) mass is 457 g/mol. The number of ether oxygens (including phenoxy) is 2. The van der Waals surface area contributed by atoms with Gasteiger partial charge < -0.3 is 14.0 Å². The van der Waals surface area contributed by atoms with Crippen molar-refractivity contribution in [3.8, 4) is 0 Å². The number of carbonyl (C=O) groups is 3. The van der Waals surface area contributed by atoms with Gasteiger partial charge in [0.05, 0.1) is 33.9 Å². The Morgan fingerprint density at radius 2 is 1.81 bits per heavy atom. The molecule has 0 radical (unpaired) electrons. The summed E-state index contributed by atoms with van der Waals surface area (Å²) in [6.07, 6.45) is 0. The van der Waals surface area contributed by atoms with Gasteiger partial charge in [-0.25, -0.2) is 4.79 Å². The van der Waals surface area contributed by atoms with Gasteiger partial charge in [-0.3, -0.25) is 19.7 Å². The van der Waals surface area contributed by atoms with Crippen LogP contribution in [0, 0.1) is 10.1 Å². The van der Waals surface area contributed by atoms with Crippen molar-refractivity contribution in [1.29, 1.82) is 0 Å². The van der Waals surface area contributed by atoms with E-state index in [0.29, 0.717) is 15.8 Å². The molecule has 0 atom stereocenters. The quantitative estimate of drug-likeness (QED) is 0.303. The second-order valence-electron chi connectivity index (χ2n) is 6.40. The second kappa shape index (κ2) is 9.96. The third kappa shape index (κ3) is 5.06. The first-order valence-electron chi connectivity index (χ1n) is 9.63.